The van der Waals surface area contributed by atoms with Gasteiger partial charge in [0.05, 0.1) is 12.6 Å². The second-order valence-corrected chi connectivity index (χ2v) is 8.84. The summed E-state index contributed by atoms with van der Waals surface area (Å²) in [6.07, 6.45) is -2.33. The standard InChI is InChI=1S/C26H24F4N2O2/c1-34-18-6-7-19(23(27)13-18)20-14-25(32-24(33)21(20)15-31)11-9-17-12-16(5-8-22(17)25)4-2-3-10-26(28,29)30/h5-8,12-13H,2-4,9-11,14H2,1H3,(H,32,33). The monoisotopic (exact) mass is 472 g/mol. The molecule has 2 aliphatic rings. The largest absolute Gasteiger partial charge is 0.497 e. The van der Waals surface area contributed by atoms with Gasteiger partial charge in [-0.3, -0.25) is 4.79 Å². The maximum Gasteiger partial charge on any atom is 0.389 e. The average molecular weight is 472 g/mol. The van der Waals surface area contributed by atoms with E-state index in [0.29, 0.717) is 37.0 Å². The smallest absolute Gasteiger partial charge is 0.389 e. The Balaban J connectivity index is 1.60. The normalized spacial score (nSPS) is 19.7. The van der Waals surface area contributed by atoms with Crippen LogP contribution in [0.15, 0.2) is 42.0 Å². The van der Waals surface area contributed by atoms with Gasteiger partial charge in [0.15, 0.2) is 0 Å². The fraction of sp³-hybridized carbons (Fsp3) is 0.385. The number of rotatable bonds is 6. The van der Waals surface area contributed by atoms with Crippen LogP contribution in [0.5, 0.6) is 5.75 Å². The Kier molecular flexibility index (Phi) is 6.39. The number of methoxy groups -OCH3 is 1. The van der Waals surface area contributed by atoms with Gasteiger partial charge in [-0.25, -0.2) is 4.39 Å². The van der Waals surface area contributed by atoms with Crippen molar-refractivity contribution in [2.75, 3.05) is 7.11 Å². The van der Waals surface area contributed by atoms with Gasteiger partial charge in [-0.2, -0.15) is 18.4 Å². The molecule has 4 rings (SSSR count). The molecule has 34 heavy (non-hydrogen) atoms. The van der Waals surface area contributed by atoms with Gasteiger partial charge in [-0.1, -0.05) is 18.2 Å². The third kappa shape index (κ3) is 4.65. The lowest BCUT2D eigenvalue weighted by atomic mass is 9.78. The van der Waals surface area contributed by atoms with Crippen molar-refractivity contribution in [3.05, 3.63) is 70.0 Å². The average Bonchev–Trinajstić information content (AvgIpc) is 3.12. The van der Waals surface area contributed by atoms with Crippen molar-refractivity contribution in [2.24, 2.45) is 0 Å². The van der Waals surface area contributed by atoms with Gasteiger partial charge >= 0.3 is 6.18 Å². The fourth-order valence-electron chi connectivity index (χ4n) is 4.99. The van der Waals surface area contributed by atoms with Crippen molar-refractivity contribution in [2.45, 2.75) is 56.7 Å². The van der Waals surface area contributed by atoms with Crippen molar-refractivity contribution in [1.29, 1.82) is 5.26 Å². The van der Waals surface area contributed by atoms with E-state index in [1.807, 2.05) is 24.3 Å². The van der Waals surface area contributed by atoms with Gasteiger partial charge in [0.1, 0.15) is 23.2 Å². The molecule has 2 aromatic rings. The van der Waals surface area contributed by atoms with Crippen LogP contribution >= 0.6 is 0 Å². The van der Waals surface area contributed by atoms with E-state index < -0.39 is 29.9 Å². The maximum atomic E-state index is 14.9. The Morgan fingerprint density at radius 2 is 1.97 bits per heavy atom. The molecule has 0 saturated heterocycles. The van der Waals surface area contributed by atoms with E-state index in [4.69, 9.17) is 4.74 Å². The molecule has 178 valence electrons. The van der Waals surface area contributed by atoms with Gasteiger partial charge in [0.25, 0.3) is 5.91 Å². The number of amides is 1. The summed E-state index contributed by atoms with van der Waals surface area (Å²) in [4.78, 5) is 12.9. The first kappa shape index (κ1) is 23.8. The number of halogens is 4. The third-order valence-electron chi connectivity index (χ3n) is 6.66. The van der Waals surface area contributed by atoms with Gasteiger partial charge in [-0.15, -0.1) is 0 Å². The molecule has 4 nitrogen and oxygen atoms in total. The first-order valence-electron chi connectivity index (χ1n) is 11.1. The molecule has 1 amide bonds. The lowest BCUT2D eigenvalue weighted by Gasteiger charge is -2.37. The SMILES string of the molecule is COc1ccc(C2=C(C#N)C(=O)NC3(CCc4cc(CCCCC(F)(F)F)ccc43)C2)c(F)c1. The van der Waals surface area contributed by atoms with Gasteiger partial charge in [0.2, 0.25) is 0 Å². The van der Waals surface area contributed by atoms with Crippen LogP contribution in [-0.4, -0.2) is 19.2 Å². The van der Waals surface area contributed by atoms with E-state index in [1.165, 1.54) is 19.2 Å². The zero-order chi connectivity index (χ0) is 24.5. The zero-order valence-corrected chi connectivity index (χ0v) is 18.7. The number of hydrogen-bond acceptors (Lipinski definition) is 3. The molecule has 1 aliphatic carbocycles. The van der Waals surface area contributed by atoms with Gasteiger partial charge < -0.3 is 10.1 Å². The Labute approximate surface area is 195 Å². The molecule has 1 heterocycles. The zero-order valence-electron chi connectivity index (χ0n) is 18.7. The summed E-state index contributed by atoms with van der Waals surface area (Å²) >= 11 is 0. The van der Waals surface area contributed by atoms with E-state index >= 15 is 0 Å². The summed E-state index contributed by atoms with van der Waals surface area (Å²) in [7, 11) is 1.43. The van der Waals surface area contributed by atoms with Gasteiger partial charge in [-0.05, 0) is 66.5 Å². The Bertz CT molecular complexity index is 1200. The fourth-order valence-corrected chi connectivity index (χ4v) is 4.99. The number of aryl methyl sites for hydroxylation is 2. The number of nitriles is 1. The molecule has 1 aliphatic heterocycles. The molecule has 1 atom stereocenters. The summed E-state index contributed by atoms with van der Waals surface area (Å²) in [6, 6.07) is 12.0. The predicted molar refractivity (Wildman–Crippen MR) is 118 cm³/mol. The molecule has 8 heteroatoms. The number of carbonyl (C=O) groups excluding carboxylic acids is 1. The lowest BCUT2D eigenvalue weighted by Crippen LogP contribution is -2.48. The third-order valence-corrected chi connectivity index (χ3v) is 6.66. The van der Waals surface area contributed by atoms with Crippen LogP contribution in [0.4, 0.5) is 17.6 Å². The summed E-state index contributed by atoms with van der Waals surface area (Å²) < 4.78 is 57.1. The summed E-state index contributed by atoms with van der Waals surface area (Å²) in [6.45, 7) is 0. The summed E-state index contributed by atoms with van der Waals surface area (Å²) in [5, 5.41) is 12.6. The highest BCUT2D eigenvalue weighted by Gasteiger charge is 2.45. The number of unbranched alkanes of at least 4 members (excludes halogenated alkanes) is 1. The van der Waals surface area contributed by atoms with E-state index in [0.717, 1.165) is 16.7 Å². The summed E-state index contributed by atoms with van der Waals surface area (Å²) in [5.41, 5.74) is 2.56. The maximum absolute atomic E-state index is 14.9. The van der Waals surface area contributed by atoms with E-state index in [9.17, 15) is 27.6 Å². The van der Waals surface area contributed by atoms with Crippen molar-refractivity contribution in [3.63, 3.8) is 0 Å². The quantitative estimate of drug-likeness (QED) is 0.430. The highest BCUT2D eigenvalue weighted by atomic mass is 19.4. The molecular formula is C26H24F4N2O2. The van der Waals surface area contributed by atoms with Crippen LogP contribution in [0.2, 0.25) is 0 Å². The first-order valence-corrected chi connectivity index (χ1v) is 11.1. The van der Waals surface area contributed by atoms with Crippen LogP contribution in [0, 0.1) is 17.1 Å². The van der Waals surface area contributed by atoms with Crippen molar-refractivity contribution in [3.8, 4) is 11.8 Å². The van der Waals surface area contributed by atoms with Crippen molar-refractivity contribution < 1.29 is 27.1 Å². The summed E-state index contributed by atoms with van der Waals surface area (Å²) in [5.74, 6) is -0.772. The second-order valence-electron chi connectivity index (χ2n) is 8.84. The van der Waals surface area contributed by atoms with Crippen molar-refractivity contribution in [1.82, 2.24) is 5.32 Å². The molecular weight excluding hydrogens is 448 g/mol. The Morgan fingerprint density at radius 1 is 1.18 bits per heavy atom. The van der Waals surface area contributed by atoms with Gasteiger partial charge in [0, 0.05) is 24.5 Å². The minimum Gasteiger partial charge on any atom is -0.497 e. The Hall–Kier alpha value is -3.34. The van der Waals surface area contributed by atoms with E-state index in [1.54, 1.807) is 6.07 Å². The topological polar surface area (TPSA) is 62.1 Å². The molecule has 0 saturated carbocycles. The minimum atomic E-state index is -4.14. The van der Waals surface area contributed by atoms with Crippen LogP contribution in [-0.2, 0) is 23.2 Å². The van der Waals surface area contributed by atoms with Crippen LogP contribution in [0.25, 0.3) is 5.57 Å². The Morgan fingerprint density at radius 3 is 2.65 bits per heavy atom. The first-order chi connectivity index (χ1) is 16.2. The van der Waals surface area contributed by atoms with Crippen LogP contribution < -0.4 is 10.1 Å². The molecule has 2 aromatic carbocycles. The minimum absolute atomic E-state index is 0.0824. The number of fused-ring (bicyclic) bond motifs is 2. The molecule has 0 bridgehead atoms. The molecule has 1 spiro atoms. The molecule has 1 unspecified atom stereocenters. The van der Waals surface area contributed by atoms with E-state index in [2.05, 4.69) is 5.32 Å². The number of alkyl halides is 3. The highest BCUT2D eigenvalue weighted by Crippen LogP contribution is 2.47. The van der Waals surface area contributed by atoms with Crippen LogP contribution in [0.1, 0.15) is 54.4 Å². The highest BCUT2D eigenvalue weighted by molar-refractivity contribution is 6.07. The predicted octanol–water partition coefficient (Wildman–Crippen LogP) is 5.75. The number of ether oxygens (including phenoxy) is 1. The second kappa shape index (κ2) is 9.13. The molecule has 1 N–H and O–H groups in total. The number of carbonyl (C=O) groups is 1. The molecule has 0 fully saturated rings. The van der Waals surface area contributed by atoms with Crippen LogP contribution in [0.3, 0.4) is 0 Å². The van der Waals surface area contributed by atoms with E-state index in [-0.39, 0.29) is 24.0 Å². The molecule has 0 aromatic heterocycles. The number of hydrogen-bond donors (Lipinski definition) is 1. The number of benzene rings is 2. The van der Waals surface area contributed by atoms with Crippen molar-refractivity contribution >= 4 is 11.5 Å². The number of nitrogens with one attached hydrogen (secondary N) is 1. The number of nitrogens with zero attached hydrogens (tertiary/aromatic N) is 1. The lowest BCUT2D eigenvalue weighted by molar-refractivity contribution is -0.135. The molecule has 0 radical (unpaired) electrons.